The average molecular weight is 403 g/mol. The Kier molecular flexibility index (Phi) is 5.25. The molecule has 28 heavy (non-hydrogen) atoms. The minimum atomic E-state index is -3.76. The number of nitrogens with one attached hydrogen (secondary N) is 1. The molecule has 0 amide bonds. The molecule has 1 aliphatic heterocycles. The Hall–Kier alpha value is -2.03. The van der Waals surface area contributed by atoms with Crippen molar-refractivity contribution in [2.75, 3.05) is 11.8 Å². The van der Waals surface area contributed by atoms with E-state index < -0.39 is 28.3 Å². The zero-order chi connectivity index (χ0) is 20.7. The normalized spacial score (nSPS) is 18.1. The summed E-state index contributed by atoms with van der Waals surface area (Å²) in [6, 6.07) is 11.8. The zero-order valence-electron chi connectivity index (χ0n) is 17.1. The number of rotatable bonds is 5. The number of ether oxygens (including phenoxy) is 1. The van der Waals surface area contributed by atoms with E-state index in [1.807, 2.05) is 34.6 Å². The molecule has 0 unspecified atom stereocenters. The van der Waals surface area contributed by atoms with Crippen LogP contribution in [0.3, 0.4) is 0 Å². The third kappa shape index (κ3) is 3.90. The molecule has 0 atom stereocenters. The molecule has 6 nitrogen and oxygen atoms in total. The molecule has 0 saturated carbocycles. The highest BCUT2D eigenvalue weighted by Gasteiger charge is 2.52. The molecule has 8 heteroatoms. The molecule has 2 aromatic carbocycles. The van der Waals surface area contributed by atoms with Crippen molar-refractivity contribution in [3.8, 4) is 5.75 Å². The summed E-state index contributed by atoms with van der Waals surface area (Å²) in [6.07, 6.45) is 0. The lowest BCUT2D eigenvalue weighted by atomic mass is 9.78. The number of benzene rings is 2. The Morgan fingerprint density at radius 1 is 0.964 bits per heavy atom. The van der Waals surface area contributed by atoms with Gasteiger partial charge in [-0.05, 0) is 65.0 Å². The number of hydrogen-bond donors (Lipinski definition) is 1. The maximum atomic E-state index is 12.9. The number of aryl methyl sites for hydroxylation is 1. The first-order valence-electron chi connectivity index (χ1n) is 9.08. The van der Waals surface area contributed by atoms with Crippen molar-refractivity contribution in [2.45, 2.75) is 50.7 Å². The summed E-state index contributed by atoms with van der Waals surface area (Å²) < 4.78 is 45.9. The first-order valence-corrected chi connectivity index (χ1v) is 10.6. The molecule has 0 aliphatic carbocycles. The Bertz CT molecular complexity index is 955. The van der Waals surface area contributed by atoms with Crippen LogP contribution in [0.2, 0.25) is 0 Å². The Balaban J connectivity index is 1.99. The standard InChI is InChI=1S/C20H26BNO5S/c1-14-7-10-16(11-8-14)28(23,24)22-18-12-9-15(25-6)13-17(18)21-26-19(2,3)20(4,5)27-21/h7-13,22H,1-6H3. The molecule has 0 aromatic heterocycles. The predicted octanol–water partition coefficient (Wildman–Crippen LogP) is 3.10. The number of hydrogen-bond acceptors (Lipinski definition) is 5. The van der Waals surface area contributed by atoms with Gasteiger partial charge in [-0.1, -0.05) is 17.7 Å². The van der Waals surface area contributed by atoms with Crippen molar-refractivity contribution in [1.29, 1.82) is 0 Å². The van der Waals surface area contributed by atoms with Crippen LogP contribution >= 0.6 is 0 Å². The smallest absolute Gasteiger partial charge is 0.497 e. The SMILES string of the molecule is COc1ccc(NS(=O)(=O)c2ccc(C)cc2)c(B2OC(C)(C)C(C)(C)O2)c1. The maximum Gasteiger partial charge on any atom is 0.497 e. The van der Waals surface area contributed by atoms with Crippen LogP contribution in [0.1, 0.15) is 33.3 Å². The highest BCUT2D eigenvalue weighted by atomic mass is 32.2. The summed E-state index contributed by atoms with van der Waals surface area (Å²) in [5, 5.41) is 0. The van der Waals surface area contributed by atoms with Crippen molar-refractivity contribution < 1.29 is 22.5 Å². The van der Waals surface area contributed by atoms with Crippen molar-refractivity contribution in [1.82, 2.24) is 0 Å². The third-order valence-electron chi connectivity index (χ3n) is 5.34. The second-order valence-electron chi connectivity index (χ2n) is 7.96. The van der Waals surface area contributed by atoms with Crippen LogP contribution in [0, 0.1) is 6.92 Å². The van der Waals surface area contributed by atoms with Gasteiger partial charge in [-0.25, -0.2) is 8.42 Å². The van der Waals surface area contributed by atoms with E-state index in [9.17, 15) is 8.42 Å². The van der Waals surface area contributed by atoms with Gasteiger partial charge in [0.15, 0.2) is 0 Å². The number of anilines is 1. The number of methoxy groups -OCH3 is 1. The molecule has 0 bridgehead atoms. The van der Waals surface area contributed by atoms with E-state index in [-0.39, 0.29) is 4.90 Å². The molecular formula is C20H26BNO5S. The second-order valence-corrected chi connectivity index (χ2v) is 9.64. The van der Waals surface area contributed by atoms with Gasteiger partial charge < -0.3 is 14.0 Å². The van der Waals surface area contributed by atoms with Gasteiger partial charge in [-0.3, -0.25) is 4.72 Å². The zero-order valence-corrected chi connectivity index (χ0v) is 17.9. The Labute approximate surface area is 167 Å². The molecule has 2 aromatic rings. The van der Waals surface area contributed by atoms with Crippen molar-refractivity contribution in [3.63, 3.8) is 0 Å². The van der Waals surface area contributed by atoms with Crippen LogP contribution in [0.15, 0.2) is 47.4 Å². The van der Waals surface area contributed by atoms with Crippen LogP contribution < -0.4 is 14.9 Å². The van der Waals surface area contributed by atoms with E-state index >= 15 is 0 Å². The van der Waals surface area contributed by atoms with Gasteiger partial charge in [0.05, 0.1) is 23.2 Å². The summed E-state index contributed by atoms with van der Waals surface area (Å²) in [5.74, 6) is 0.586. The first kappa shape index (κ1) is 20.7. The van der Waals surface area contributed by atoms with Crippen molar-refractivity contribution >= 4 is 28.3 Å². The summed E-state index contributed by atoms with van der Waals surface area (Å²) in [6.45, 7) is 9.70. The van der Waals surface area contributed by atoms with E-state index in [1.165, 1.54) is 0 Å². The van der Waals surface area contributed by atoms with Crippen LogP contribution in [0.5, 0.6) is 5.75 Å². The monoisotopic (exact) mass is 403 g/mol. The molecule has 0 spiro atoms. The lowest BCUT2D eigenvalue weighted by Crippen LogP contribution is -2.41. The Morgan fingerprint density at radius 3 is 2.07 bits per heavy atom. The van der Waals surface area contributed by atoms with Gasteiger partial charge in [0.25, 0.3) is 10.0 Å². The van der Waals surface area contributed by atoms with E-state index in [4.69, 9.17) is 14.0 Å². The fourth-order valence-electron chi connectivity index (χ4n) is 2.85. The lowest BCUT2D eigenvalue weighted by molar-refractivity contribution is 0.00578. The molecule has 1 N–H and O–H groups in total. The molecule has 1 heterocycles. The van der Waals surface area contributed by atoms with Crippen LogP contribution in [-0.4, -0.2) is 33.8 Å². The van der Waals surface area contributed by atoms with Crippen LogP contribution in [0.25, 0.3) is 0 Å². The van der Waals surface area contributed by atoms with Gasteiger partial charge in [0.1, 0.15) is 5.75 Å². The molecule has 1 saturated heterocycles. The second kappa shape index (κ2) is 7.10. The maximum absolute atomic E-state index is 12.9. The van der Waals surface area contributed by atoms with Gasteiger partial charge in [0, 0.05) is 11.2 Å². The highest BCUT2D eigenvalue weighted by Crippen LogP contribution is 2.37. The fraction of sp³-hybridized carbons (Fsp3) is 0.400. The molecule has 0 radical (unpaired) electrons. The summed E-state index contributed by atoms with van der Waals surface area (Å²) in [7, 11) is -2.93. The molecule has 3 rings (SSSR count). The molecule has 1 aliphatic rings. The fourth-order valence-corrected chi connectivity index (χ4v) is 3.93. The van der Waals surface area contributed by atoms with Crippen LogP contribution in [-0.2, 0) is 19.3 Å². The predicted molar refractivity (Wildman–Crippen MR) is 111 cm³/mol. The summed E-state index contributed by atoms with van der Waals surface area (Å²) in [4.78, 5) is 0.189. The largest absolute Gasteiger partial charge is 0.497 e. The minimum Gasteiger partial charge on any atom is -0.497 e. The van der Waals surface area contributed by atoms with Crippen molar-refractivity contribution in [2.24, 2.45) is 0 Å². The Morgan fingerprint density at radius 2 is 1.54 bits per heavy atom. The molecular weight excluding hydrogens is 377 g/mol. The highest BCUT2D eigenvalue weighted by molar-refractivity contribution is 7.92. The quantitative estimate of drug-likeness (QED) is 0.777. The third-order valence-corrected chi connectivity index (χ3v) is 6.72. The van der Waals surface area contributed by atoms with E-state index in [0.717, 1.165) is 5.56 Å². The summed E-state index contributed by atoms with van der Waals surface area (Å²) in [5.41, 5.74) is 0.844. The van der Waals surface area contributed by atoms with E-state index in [1.54, 1.807) is 49.6 Å². The van der Waals surface area contributed by atoms with Gasteiger partial charge in [-0.15, -0.1) is 0 Å². The van der Waals surface area contributed by atoms with Crippen LogP contribution in [0.4, 0.5) is 5.69 Å². The average Bonchev–Trinajstić information content (AvgIpc) is 2.83. The van der Waals surface area contributed by atoms with E-state index in [2.05, 4.69) is 4.72 Å². The topological polar surface area (TPSA) is 73.9 Å². The van der Waals surface area contributed by atoms with Gasteiger partial charge in [0.2, 0.25) is 0 Å². The minimum absolute atomic E-state index is 0.189. The lowest BCUT2D eigenvalue weighted by Gasteiger charge is -2.32. The van der Waals surface area contributed by atoms with Gasteiger partial charge in [-0.2, -0.15) is 0 Å². The van der Waals surface area contributed by atoms with Crippen molar-refractivity contribution in [3.05, 3.63) is 48.0 Å². The van der Waals surface area contributed by atoms with E-state index in [0.29, 0.717) is 16.9 Å². The first-order chi connectivity index (χ1) is 12.9. The van der Waals surface area contributed by atoms with Gasteiger partial charge >= 0.3 is 7.12 Å². The number of sulfonamides is 1. The molecule has 150 valence electrons. The summed E-state index contributed by atoms with van der Waals surface area (Å²) >= 11 is 0. The molecule has 1 fully saturated rings.